The summed E-state index contributed by atoms with van der Waals surface area (Å²) < 4.78 is 0. The maximum Gasteiger partial charge on any atom is 0.224 e. The first kappa shape index (κ1) is 14.1. The highest BCUT2D eigenvalue weighted by Gasteiger charge is 2.37. The van der Waals surface area contributed by atoms with E-state index in [-0.39, 0.29) is 0 Å². The summed E-state index contributed by atoms with van der Waals surface area (Å²) in [6.07, 6.45) is 7.16. The van der Waals surface area contributed by atoms with Crippen LogP contribution in [0.15, 0.2) is 12.3 Å². The lowest BCUT2D eigenvalue weighted by molar-refractivity contribution is 0.116. The highest BCUT2D eigenvalue weighted by Crippen LogP contribution is 2.45. The standard InChI is InChI=1S/C15H26N4/c1-12(2)10-15(7-5-8-15)11-17-14-16-9-6-13(18-14)19(3)4/h6,9,12H,5,7-8,10-11H2,1-4H3,(H,16,17,18). The van der Waals surface area contributed by atoms with E-state index < -0.39 is 0 Å². The molecule has 0 unspecified atom stereocenters. The van der Waals surface area contributed by atoms with E-state index in [4.69, 9.17) is 0 Å². The first-order chi connectivity index (χ1) is 9.01. The Morgan fingerprint density at radius 1 is 1.37 bits per heavy atom. The fraction of sp³-hybridized carbons (Fsp3) is 0.733. The third kappa shape index (κ3) is 3.58. The molecule has 0 aliphatic heterocycles. The highest BCUT2D eigenvalue weighted by molar-refractivity contribution is 5.40. The first-order valence-electron chi connectivity index (χ1n) is 7.25. The van der Waals surface area contributed by atoms with Gasteiger partial charge in [0.05, 0.1) is 0 Å². The summed E-state index contributed by atoms with van der Waals surface area (Å²) in [6, 6.07) is 1.93. The Labute approximate surface area is 116 Å². The number of aromatic nitrogens is 2. The van der Waals surface area contributed by atoms with Gasteiger partial charge in [0.15, 0.2) is 0 Å². The molecule has 0 radical (unpaired) electrons. The molecule has 2 rings (SSSR count). The van der Waals surface area contributed by atoms with Gasteiger partial charge < -0.3 is 10.2 Å². The SMILES string of the molecule is CC(C)CC1(CNc2nccc(N(C)C)n2)CCC1. The van der Waals surface area contributed by atoms with Crippen LogP contribution >= 0.6 is 0 Å². The zero-order valence-electron chi connectivity index (χ0n) is 12.6. The second kappa shape index (κ2) is 5.76. The van der Waals surface area contributed by atoms with Gasteiger partial charge in [0.1, 0.15) is 5.82 Å². The second-order valence-corrected chi connectivity index (χ2v) is 6.44. The number of hydrogen-bond donors (Lipinski definition) is 1. The molecule has 1 saturated carbocycles. The van der Waals surface area contributed by atoms with Crippen molar-refractivity contribution in [2.45, 2.75) is 39.5 Å². The smallest absolute Gasteiger partial charge is 0.224 e. The van der Waals surface area contributed by atoms with Crippen molar-refractivity contribution in [3.63, 3.8) is 0 Å². The quantitative estimate of drug-likeness (QED) is 0.855. The zero-order chi connectivity index (χ0) is 13.9. The fourth-order valence-corrected chi connectivity index (χ4v) is 2.95. The molecule has 1 aliphatic rings. The lowest BCUT2D eigenvalue weighted by Crippen LogP contribution is -2.38. The number of nitrogens with zero attached hydrogens (tertiary/aromatic N) is 3. The lowest BCUT2D eigenvalue weighted by atomic mass is 9.64. The molecule has 0 atom stereocenters. The molecule has 19 heavy (non-hydrogen) atoms. The van der Waals surface area contributed by atoms with Gasteiger partial charge in [-0.3, -0.25) is 0 Å². The van der Waals surface area contributed by atoms with Gasteiger partial charge in [0, 0.05) is 26.8 Å². The minimum atomic E-state index is 0.478. The molecule has 0 spiro atoms. The van der Waals surface area contributed by atoms with Crippen LogP contribution in [0.2, 0.25) is 0 Å². The van der Waals surface area contributed by atoms with Gasteiger partial charge in [-0.2, -0.15) is 4.98 Å². The number of anilines is 2. The Morgan fingerprint density at radius 2 is 2.11 bits per heavy atom. The summed E-state index contributed by atoms with van der Waals surface area (Å²) in [7, 11) is 4.00. The molecule has 4 heteroatoms. The average Bonchev–Trinajstić information content (AvgIpc) is 2.32. The van der Waals surface area contributed by atoms with E-state index in [1.807, 2.05) is 31.3 Å². The van der Waals surface area contributed by atoms with E-state index >= 15 is 0 Å². The Bertz CT molecular complexity index is 410. The molecule has 0 aromatic carbocycles. The normalized spacial score (nSPS) is 17.1. The predicted octanol–water partition coefficient (Wildman–Crippen LogP) is 3.17. The van der Waals surface area contributed by atoms with Crippen LogP contribution in [-0.2, 0) is 0 Å². The zero-order valence-corrected chi connectivity index (χ0v) is 12.6. The molecule has 4 nitrogen and oxygen atoms in total. The van der Waals surface area contributed by atoms with Gasteiger partial charge >= 0.3 is 0 Å². The summed E-state index contributed by atoms with van der Waals surface area (Å²) in [5.74, 6) is 2.46. The molecule has 0 saturated heterocycles. The third-order valence-electron chi connectivity index (χ3n) is 3.98. The Hall–Kier alpha value is -1.32. The fourth-order valence-electron chi connectivity index (χ4n) is 2.95. The van der Waals surface area contributed by atoms with E-state index in [0.717, 1.165) is 24.2 Å². The Balaban J connectivity index is 1.96. The molecule has 1 aromatic heterocycles. The van der Waals surface area contributed by atoms with Crippen molar-refractivity contribution in [1.29, 1.82) is 0 Å². The number of nitrogens with one attached hydrogen (secondary N) is 1. The Morgan fingerprint density at radius 3 is 2.63 bits per heavy atom. The lowest BCUT2D eigenvalue weighted by Gasteiger charge is -2.43. The molecule has 106 valence electrons. The summed E-state index contributed by atoms with van der Waals surface area (Å²) in [4.78, 5) is 10.8. The maximum absolute atomic E-state index is 4.52. The molecule has 1 fully saturated rings. The van der Waals surface area contributed by atoms with E-state index in [1.54, 1.807) is 0 Å². The van der Waals surface area contributed by atoms with Gasteiger partial charge in [-0.1, -0.05) is 20.3 Å². The van der Waals surface area contributed by atoms with Crippen LogP contribution in [0, 0.1) is 11.3 Å². The molecule has 1 aliphatic carbocycles. The van der Waals surface area contributed by atoms with Crippen LogP contribution in [0.4, 0.5) is 11.8 Å². The molecule has 1 heterocycles. The van der Waals surface area contributed by atoms with Gasteiger partial charge in [-0.05, 0) is 36.7 Å². The summed E-state index contributed by atoms with van der Waals surface area (Å²) in [5.41, 5.74) is 0.478. The molecule has 1 aromatic rings. The molecule has 0 bridgehead atoms. The highest BCUT2D eigenvalue weighted by atomic mass is 15.2. The molecule has 1 N–H and O–H groups in total. The Kier molecular flexibility index (Phi) is 4.27. The van der Waals surface area contributed by atoms with E-state index in [0.29, 0.717) is 5.41 Å². The van der Waals surface area contributed by atoms with Gasteiger partial charge in [0.2, 0.25) is 5.95 Å². The van der Waals surface area contributed by atoms with Crippen molar-refractivity contribution < 1.29 is 0 Å². The van der Waals surface area contributed by atoms with Crippen molar-refractivity contribution in [2.75, 3.05) is 30.9 Å². The monoisotopic (exact) mass is 262 g/mol. The predicted molar refractivity (Wildman–Crippen MR) is 80.6 cm³/mol. The molecular formula is C15H26N4. The van der Waals surface area contributed by atoms with Crippen LogP contribution in [0.25, 0.3) is 0 Å². The number of hydrogen-bond acceptors (Lipinski definition) is 4. The van der Waals surface area contributed by atoms with Crippen molar-refractivity contribution in [2.24, 2.45) is 11.3 Å². The van der Waals surface area contributed by atoms with E-state index in [1.165, 1.54) is 25.7 Å². The van der Waals surface area contributed by atoms with Crippen molar-refractivity contribution >= 4 is 11.8 Å². The van der Waals surface area contributed by atoms with E-state index in [9.17, 15) is 0 Å². The van der Waals surface area contributed by atoms with Crippen LogP contribution < -0.4 is 10.2 Å². The van der Waals surface area contributed by atoms with Crippen molar-refractivity contribution in [3.8, 4) is 0 Å². The third-order valence-corrected chi connectivity index (χ3v) is 3.98. The van der Waals surface area contributed by atoms with Crippen molar-refractivity contribution in [1.82, 2.24) is 9.97 Å². The van der Waals surface area contributed by atoms with Crippen LogP contribution in [0.1, 0.15) is 39.5 Å². The number of rotatable bonds is 6. The van der Waals surface area contributed by atoms with Gasteiger partial charge in [0.25, 0.3) is 0 Å². The van der Waals surface area contributed by atoms with Gasteiger partial charge in [-0.25, -0.2) is 4.98 Å². The second-order valence-electron chi connectivity index (χ2n) is 6.44. The van der Waals surface area contributed by atoms with Crippen LogP contribution in [0.5, 0.6) is 0 Å². The van der Waals surface area contributed by atoms with Crippen LogP contribution in [0.3, 0.4) is 0 Å². The maximum atomic E-state index is 4.52. The first-order valence-corrected chi connectivity index (χ1v) is 7.25. The minimum absolute atomic E-state index is 0.478. The summed E-state index contributed by atoms with van der Waals surface area (Å²) >= 11 is 0. The van der Waals surface area contributed by atoms with Crippen molar-refractivity contribution in [3.05, 3.63) is 12.3 Å². The average molecular weight is 262 g/mol. The van der Waals surface area contributed by atoms with E-state index in [2.05, 4.69) is 29.1 Å². The van der Waals surface area contributed by atoms with Crippen LogP contribution in [-0.4, -0.2) is 30.6 Å². The van der Waals surface area contributed by atoms with Gasteiger partial charge in [-0.15, -0.1) is 0 Å². The molecule has 0 amide bonds. The summed E-state index contributed by atoms with van der Waals surface area (Å²) in [6.45, 7) is 5.62. The topological polar surface area (TPSA) is 41.1 Å². The molecular weight excluding hydrogens is 236 g/mol. The largest absolute Gasteiger partial charge is 0.363 e. The minimum Gasteiger partial charge on any atom is -0.363 e. The summed E-state index contributed by atoms with van der Waals surface area (Å²) in [5, 5.41) is 3.44.